The molecule has 0 saturated carbocycles. The zero-order chi connectivity index (χ0) is 25.9. The zero-order valence-corrected chi connectivity index (χ0v) is 21.4. The summed E-state index contributed by atoms with van der Waals surface area (Å²) in [6, 6.07) is 23.4. The number of nitrogens with one attached hydrogen (secondary N) is 1. The number of thiazole rings is 1. The van der Waals surface area contributed by atoms with Gasteiger partial charge in [0.2, 0.25) is 0 Å². The van der Waals surface area contributed by atoms with E-state index in [1.165, 1.54) is 11.3 Å². The standard InChI is InChI=1S/C29H25N3O4S/c1-18-25(27(33)31-21-12-5-4-6-13-21)26(20-11-9-14-22(16-20)35-2)32-28(34)24(37-29(32)30-18)17-19-10-7-8-15-23(19)36-3/h4-17,26H,1-3H3,(H,31,33). The number of fused-ring (bicyclic) bond motifs is 1. The van der Waals surface area contributed by atoms with E-state index in [2.05, 4.69) is 5.32 Å². The smallest absolute Gasteiger partial charge is 0.271 e. The molecule has 0 saturated heterocycles. The molecule has 1 unspecified atom stereocenters. The molecular formula is C29H25N3O4S. The molecule has 1 aromatic heterocycles. The van der Waals surface area contributed by atoms with Gasteiger partial charge in [0.05, 0.1) is 36.1 Å². The first-order valence-electron chi connectivity index (χ1n) is 11.7. The van der Waals surface area contributed by atoms with Crippen LogP contribution in [-0.2, 0) is 4.79 Å². The highest BCUT2D eigenvalue weighted by Crippen LogP contribution is 2.32. The van der Waals surface area contributed by atoms with Gasteiger partial charge in [-0.25, -0.2) is 4.99 Å². The Hall–Kier alpha value is -4.43. The van der Waals surface area contributed by atoms with E-state index in [9.17, 15) is 9.59 Å². The van der Waals surface area contributed by atoms with Crippen molar-refractivity contribution in [3.05, 3.63) is 121 Å². The summed E-state index contributed by atoms with van der Waals surface area (Å²) >= 11 is 1.28. The van der Waals surface area contributed by atoms with Crippen molar-refractivity contribution in [3.8, 4) is 11.5 Å². The van der Waals surface area contributed by atoms with E-state index in [0.717, 1.165) is 11.1 Å². The van der Waals surface area contributed by atoms with Crippen molar-refractivity contribution in [3.63, 3.8) is 0 Å². The number of allylic oxidation sites excluding steroid dienone is 1. The molecule has 7 nitrogen and oxygen atoms in total. The van der Waals surface area contributed by atoms with Gasteiger partial charge in [-0.1, -0.05) is 59.9 Å². The molecule has 1 aliphatic heterocycles. The van der Waals surface area contributed by atoms with E-state index in [1.807, 2.05) is 78.9 Å². The summed E-state index contributed by atoms with van der Waals surface area (Å²) in [7, 11) is 3.18. The molecule has 186 valence electrons. The summed E-state index contributed by atoms with van der Waals surface area (Å²) in [4.78, 5) is 32.7. The molecule has 0 radical (unpaired) electrons. The number of nitrogens with zero attached hydrogens (tertiary/aromatic N) is 2. The molecule has 1 aliphatic rings. The molecule has 0 bridgehead atoms. The first-order chi connectivity index (χ1) is 18.0. The van der Waals surface area contributed by atoms with Gasteiger partial charge in [-0.05, 0) is 48.9 Å². The van der Waals surface area contributed by atoms with Gasteiger partial charge in [-0.15, -0.1) is 0 Å². The molecule has 0 spiro atoms. The second-order valence-electron chi connectivity index (χ2n) is 8.42. The van der Waals surface area contributed by atoms with Crippen LogP contribution in [0.4, 0.5) is 5.69 Å². The largest absolute Gasteiger partial charge is 0.497 e. The molecule has 0 aliphatic carbocycles. The fourth-order valence-corrected chi connectivity index (χ4v) is 5.42. The molecule has 1 atom stereocenters. The minimum Gasteiger partial charge on any atom is -0.497 e. The Balaban J connectivity index is 1.70. The number of hydrogen-bond donors (Lipinski definition) is 1. The van der Waals surface area contributed by atoms with Crippen molar-refractivity contribution in [2.24, 2.45) is 4.99 Å². The van der Waals surface area contributed by atoms with Crippen LogP contribution in [-0.4, -0.2) is 24.7 Å². The van der Waals surface area contributed by atoms with Gasteiger partial charge in [0.15, 0.2) is 4.80 Å². The maximum atomic E-state index is 13.8. The maximum Gasteiger partial charge on any atom is 0.271 e. The molecule has 4 aromatic rings. The van der Waals surface area contributed by atoms with Crippen molar-refractivity contribution in [2.45, 2.75) is 13.0 Å². The number of carbonyl (C=O) groups excluding carboxylic acids is 1. The molecular weight excluding hydrogens is 486 g/mol. The second-order valence-corrected chi connectivity index (χ2v) is 9.43. The van der Waals surface area contributed by atoms with E-state index in [0.29, 0.717) is 37.8 Å². The van der Waals surface area contributed by atoms with Gasteiger partial charge in [0.25, 0.3) is 11.5 Å². The minimum absolute atomic E-state index is 0.236. The number of methoxy groups -OCH3 is 2. The maximum absolute atomic E-state index is 13.8. The van der Waals surface area contributed by atoms with Crippen LogP contribution in [0, 0.1) is 0 Å². The number of hydrogen-bond acceptors (Lipinski definition) is 6. The average Bonchev–Trinajstić information content (AvgIpc) is 3.22. The van der Waals surface area contributed by atoms with Crippen molar-refractivity contribution < 1.29 is 14.3 Å². The lowest BCUT2D eigenvalue weighted by Crippen LogP contribution is -2.40. The molecule has 3 aromatic carbocycles. The lowest BCUT2D eigenvalue weighted by Gasteiger charge is -2.25. The van der Waals surface area contributed by atoms with Gasteiger partial charge in [0.1, 0.15) is 11.5 Å². The Labute approximate surface area is 217 Å². The highest BCUT2D eigenvalue weighted by atomic mass is 32.1. The van der Waals surface area contributed by atoms with Crippen LogP contribution >= 0.6 is 11.3 Å². The van der Waals surface area contributed by atoms with Gasteiger partial charge in [-0.3, -0.25) is 14.2 Å². The minimum atomic E-state index is -0.685. The summed E-state index contributed by atoms with van der Waals surface area (Å²) in [6.45, 7) is 1.80. The van der Waals surface area contributed by atoms with Crippen molar-refractivity contribution in [2.75, 3.05) is 19.5 Å². The van der Waals surface area contributed by atoms with Gasteiger partial charge in [0, 0.05) is 11.3 Å². The number of benzene rings is 3. The third-order valence-corrected chi connectivity index (χ3v) is 7.12. The summed E-state index contributed by atoms with van der Waals surface area (Å²) in [5, 5.41) is 2.96. The number of para-hydroxylation sites is 2. The lowest BCUT2D eigenvalue weighted by atomic mass is 9.95. The summed E-state index contributed by atoms with van der Waals surface area (Å²) in [6.07, 6.45) is 1.80. The lowest BCUT2D eigenvalue weighted by molar-refractivity contribution is -0.113. The average molecular weight is 512 g/mol. The molecule has 1 amide bonds. The molecule has 2 heterocycles. The number of amides is 1. The topological polar surface area (TPSA) is 81.9 Å². The molecule has 5 rings (SSSR count). The van der Waals surface area contributed by atoms with Crippen LogP contribution in [0.15, 0.2) is 99.9 Å². The van der Waals surface area contributed by atoms with Crippen LogP contribution in [0.3, 0.4) is 0 Å². The first kappa shape index (κ1) is 24.3. The number of rotatable bonds is 6. The number of carbonyl (C=O) groups is 1. The highest BCUT2D eigenvalue weighted by Gasteiger charge is 2.32. The van der Waals surface area contributed by atoms with E-state index >= 15 is 0 Å². The fourth-order valence-electron chi connectivity index (χ4n) is 4.39. The normalized spacial score (nSPS) is 15.1. The number of aromatic nitrogens is 1. The SMILES string of the molecule is COc1cccc(C2C(C(=O)Nc3ccccc3)=C(C)N=c3sc(=Cc4ccccc4OC)c(=O)n32)c1. The van der Waals surface area contributed by atoms with Crippen LogP contribution in [0.5, 0.6) is 11.5 Å². The van der Waals surface area contributed by atoms with Gasteiger partial charge < -0.3 is 14.8 Å². The first-order valence-corrected chi connectivity index (χ1v) is 12.5. The third kappa shape index (κ3) is 4.71. The van der Waals surface area contributed by atoms with Crippen LogP contribution in [0.1, 0.15) is 24.1 Å². The molecule has 8 heteroatoms. The third-order valence-electron chi connectivity index (χ3n) is 6.13. The van der Waals surface area contributed by atoms with E-state index in [4.69, 9.17) is 14.5 Å². The van der Waals surface area contributed by atoms with E-state index in [-0.39, 0.29) is 11.5 Å². The Bertz CT molecular complexity index is 1690. The summed E-state index contributed by atoms with van der Waals surface area (Å²) < 4.78 is 13.0. The van der Waals surface area contributed by atoms with Crippen molar-refractivity contribution in [1.29, 1.82) is 0 Å². The van der Waals surface area contributed by atoms with Crippen molar-refractivity contribution in [1.82, 2.24) is 4.57 Å². The Kier molecular flexibility index (Phi) is 6.74. The number of ether oxygens (including phenoxy) is 2. The molecule has 1 N–H and O–H groups in total. The van der Waals surface area contributed by atoms with Crippen molar-refractivity contribution >= 4 is 29.0 Å². The Morgan fingerprint density at radius 1 is 1.00 bits per heavy atom. The highest BCUT2D eigenvalue weighted by molar-refractivity contribution is 7.07. The second kappa shape index (κ2) is 10.3. The Morgan fingerprint density at radius 2 is 1.76 bits per heavy atom. The Morgan fingerprint density at radius 3 is 2.51 bits per heavy atom. The van der Waals surface area contributed by atoms with Crippen LogP contribution < -0.4 is 29.7 Å². The van der Waals surface area contributed by atoms with Gasteiger partial charge in [-0.2, -0.15) is 0 Å². The quantitative estimate of drug-likeness (QED) is 0.426. The monoisotopic (exact) mass is 511 g/mol. The fraction of sp³-hybridized carbons (Fsp3) is 0.138. The summed E-state index contributed by atoms with van der Waals surface area (Å²) in [5.41, 5.74) is 2.90. The van der Waals surface area contributed by atoms with E-state index in [1.54, 1.807) is 31.8 Å². The summed E-state index contributed by atoms with van der Waals surface area (Å²) in [5.74, 6) is 0.974. The predicted molar refractivity (Wildman–Crippen MR) is 145 cm³/mol. The zero-order valence-electron chi connectivity index (χ0n) is 20.6. The number of anilines is 1. The van der Waals surface area contributed by atoms with Crippen LogP contribution in [0.25, 0.3) is 6.08 Å². The van der Waals surface area contributed by atoms with Gasteiger partial charge >= 0.3 is 0 Å². The van der Waals surface area contributed by atoms with Crippen LogP contribution in [0.2, 0.25) is 0 Å². The molecule has 37 heavy (non-hydrogen) atoms. The molecule has 0 fully saturated rings. The van der Waals surface area contributed by atoms with E-state index < -0.39 is 6.04 Å². The predicted octanol–water partition coefficient (Wildman–Crippen LogP) is 3.89.